The second-order valence-electron chi connectivity index (χ2n) is 6.24. The van der Waals surface area contributed by atoms with Gasteiger partial charge in [0.15, 0.2) is 5.82 Å². The SMILES string of the molecule is O=c1n(CCNS(=O)(=O)c2ccccc2F)nc(-c2cccs2)n1C1CC1. The fourth-order valence-corrected chi connectivity index (χ4v) is 4.63. The number of nitrogens with one attached hydrogen (secondary N) is 1. The molecule has 4 rings (SSSR count). The smallest absolute Gasteiger partial charge is 0.271 e. The summed E-state index contributed by atoms with van der Waals surface area (Å²) < 4.78 is 43.5. The van der Waals surface area contributed by atoms with Crippen molar-refractivity contribution in [1.29, 1.82) is 0 Å². The van der Waals surface area contributed by atoms with E-state index in [0.717, 1.165) is 23.8 Å². The minimum Gasteiger partial charge on any atom is -0.271 e. The number of sulfonamides is 1. The Morgan fingerprint density at radius 2 is 2.00 bits per heavy atom. The van der Waals surface area contributed by atoms with Crippen molar-refractivity contribution >= 4 is 21.4 Å². The number of halogens is 1. The van der Waals surface area contributed by atoms with Crippen LogP contribution in [0.4, 0.5) is 4.39 Å². The van der Waals surface area contributed by atoms with Crippen molar-refractivity contribution in [3.8, 4) is 10.7 Å². The van der Waals surface area contributed by atoms with Crippen molar-refractivity contribution in [2.45, 2.75) is 30.3 Å². The first-order valence-corrected chi connectivity index (χ1v) is 10.8. The van der Waals surface area contributed by atoms with Crippen LogP contribution in [0, 0.1) is 5.82 Å². The molecule has 1 saturated carbocycles. The van der Waals surface area contributed by atoms with Crippen LogP contribution in [0.2, 0.25) is 0 Å². The Morgan fingerprint density at radius 3 is 2.67 bits per heavy atom. The molecule has 1 aliphatic carbocycles. The average molecular weight is 408 g/mol. The lowest BCUT2D eigenvalue weighted by molar-refractivity contribution is 0.537. The maximum absolute atomic E-state index is 13.7. The van der Waals surface area contributed by atoms with E-state index in [2.05, 4.69) is 9.82 Å². The largest absolute Gasteiger partial charge is 0.346 e. The number of hydrogen-bond acceptors (Lipinski definition) is 5. The van der Waals surface area contributed by atoms with Gasteiger partial charge in [-0.25, -0.2) is 27.0 Å². The summed E-state index contributed by atoms with van der Waals surface area (Å²) in [7, 11) is -4.00. The summed E-state index contributed by atoms with van der Waals surface area (Å²) in [6, 6.07) is 9.10. The molecule has 3 aromatic rings. The summed E-state index contributed by atoms with van der Waals surface area (Å²) in [4.78, 5) is 13.2. The van der Waals surface area contributed by atoms with E-state index in [1.165, 1.54) is 34.2 Å². The van der Waals surface area contributed by atoms with Crippen LogP contribution in [0.25, 0.3) is 10.7 Å². The molecule has 0 spiro atoms. The van der Waals surface area contributed by atoms with E-state index in [-0.39, 0.29) is 24.8 Å². The van der Waals surface area contributed by atoms with Crippen LogP contribution in [0.1, 0.15) is 18.9 Å². The molecule has 27 heavy (non-hydrogen) atoms. The molecular formula is C17H17FN4O3S2. The molecule has 142 valence electrons. The second kappa shape index (κ2) is 7.02. The zero-order chi connectivity index (χ0) is 19.0. The van der Waals surface area contributed by atoms with Crippen molar-refractivity contribution in [3.05, 3.63) is 58.1 Å². The van der Waals surface area contributed by atoms with E-state index in [1.54, 1.807) is 4.57 Å². The Balaban J connectivity index is 1.53. The average Bonchev–Trinajstić information content (AvgIpc) is 3.21. The lowest BCUT2D eigenvalue weighted by Crippen LogP contribution is -2.32. The number of nitrogens with zero attached hydrogens (tertiary/aromatic N) is 3. The first-order valence-electron chi connectivity index (χ1n) is 8.45. The van der Waals surface area contributed by atoms with E-state index in [4.69, 9.17) is 0 Å². The fraction of sp³-hybridized carbons (Fsp3) is 0.294. The van der Waals surface area contributed by atoms with E-state index in [9.17, 15) is 17.6 Å². The van der Waals surface area contributed by atoms with Gasteiger partial charge in [0.25, 0.3) is 0 Å². The van der Waals surface area contributed by atoms with E-state index in [0.29, 0.717) is 5.82 Å². The highest BCUT2D eigenvalue weighted by Crippen LogP contribution is 2.37. The third kappa shape index (κ3) is 3.60. The Labute approximate surface area is 159 Å². The van der Waals surface area contributed by atoms with Gasteiger partial charge in [-0.2, -0.15) is 0 Å². The van der Waals surface area contributed by atoms with Crippen LogP contribution in [-0.4, -0.2) is 29.3 Å². The number of hydrogen-bond donors (Lipinski definition) is 1. The van der Waals surface area contributed by atoms with E-state index < -0.39 is 20.7 Å². The van der Waals surface area contributed by atoms with Gasteiger partial charge in [0.2, 0.25) is 10.0 Å². The first kappa shape index (κ1) is 18.1. The van der Waals surface area contributed by atoms with Crippen LogP contribution < -0.4 is 10.4 Å². The Bertz CT molecular complexity index is 1120. The monoisotopic (exact) mass is 408 g/mol. The van der Waals surface area contributed by atoms with Gasteiger partial charge in [-0.3, -0.25) is 4.57 Å². The fourth-order valence-electron chi connectivity index (χ4n) is 2.83. The molecule has 1 aliphatic rings. The van der Waals surface area contributed by atoms with Crippen LogP contribution >= 0.6 is 11.3 Å². The zero-order valence-corrected chi connectivity index (χ0v) is 15.8. The molecule has 0 unspecified atom stereocenters. The summed E-state index contributed by atoms with van der Waals surface area (Å²) in [6.07, 6.45) is 1.87. The number of rotatable bonds is 7. The van der Waals surface area contributed by atoms with Gasteiger partial charge in [0.05, 0.1) is 11.4 Å². The molecule has 10 heteroatoms. The van der Waals surface area contributed by atoms with Gasteiger partial charge in [0.1, 0.15) is 10.7 Å². The lowest BCUT2D eigenvalue weighted by Gasteiger charge is -2.07. The van der Waals surface area contributed by atoms with Gasteiger partial charge in [-0.05, 0) is 36.4 Å². The number of benzene rings is 1. The lowest BCUT2D eigenvalue weighted by atomic mass is 10.4. The van der Waals surface area contributed by atoms with E-state index >= 15 is 0 Å². The second-order valence-corrected chi connectivity index (χ2v) is 8.92. The molecule has 0 radical (unpaired) electrons. The normalized spacial score (nSPS) is 14.6. The molecule has 0 bridgehead atoms. The van der Waals surface area contributed by atoms with Gasteiger partial charge in [0, 0.05) is 12.6 Å². The van der Waals surface area contributed by atoms with E-state index in [1.807, 2.05) is 17.5 Å². The van der Waals surface area contributed by atoms with Crippen molar-refractivity contribution < 1.29 is 12.8 Å². The number of aromatic nitrogens is 3. The zero-order valence-electron chi connectivity index (χ0n) is 14.2. The predicted octanol–water partition coefficient (Wildman–Crippen LogP) is 2.23. The van der Waals surface area contributed by atoms with Crippen LogP contribution in [0.15, 0.2) is 51.5 Å². The molecule has 1 aromatic carbocycles. The standard InChI is InChI=1S/C17H17FN4O3S2/c18-13-4-1-2-6-15(13)27(24,25)19-9-10-21-17(23)22(12-7-8-12)16(20-21)14-5-3-11-26-14/h1-6,11-12,19H,7-10H2. The molecular weight excluding hydrogens is 391 g/mol. The van der Waals surface area contributed by atoms with Gasteiger partial charge >= 0.3 is 5.69 Å². The topological polar surface area (TPSA) is 86.0 Å². The molecule has 2 heterocycles. The molecule has 0 saturated heterocycles. The molecule has 0 aliphatic heterocycles. The molecule has 7 nitrogen and oxygen atoms in total. The molecule has 1 fully saturated rings. The van der Waals surface area contributed by atoms with Gasteiger partial charge < -0.3 is 0 Å². The third-order valence-electron chi connectivity index (χ3n) is 4.27. The summed E-state index contributed by atoms with van der Waals surface area (Å²) >= 11 is 1.50. The van der Waals surface area contributed by atoms with Crippen molar-refractivity contribution in [1.82, 2.24) is 19.1 Å². The molecule has 0 amide bonds. The van der Waals surface area contributed by atoms with Crippen molar-refractivity contribution in [2.24, 2.45) is 0 Å². The van der Waals surface area contributed by atoms with Crippen LogP contribution in [0.5, 0.6) is 0 Å². The molecule has 2 aromatic heterocycles. The maximum Gasteiger partial charge on any atom is 0.346 e. The minimum atomic E-state index is -4.00. The number of thiophene rings is 1. The summed E-state index contributed by atoms with van der Waals surface area (Å²) in [6.45, 7) is -0.00720. The highest BCUT2D eigenvalue weighted by molar-refractivity contribution is 7.89. The Morgan fingerprint density at radius 1 is 1.22 bits per heavy atom. The van der Waals surface area contributed by atoms with Crippen LogP contribution in [-0.2, 0) is 16.6 Å². The molecule has 0 atom stereocenters. The molecule has 1 N–H and O–H groups in total. The highest BCUT2D eigenvalue weighted by atomic mass is 32.2. The summed E-state index contributed by atoms with van der Waals surface area (Å²) in [5.41, 5.74) is -0.258. The Hall–Kier alpha value is -2.30. The minimum absolute atomic E-state index is 0.0601. The predicted molar refractivity (Wildman–Crippen MR) is 99.7 cm³/mol. The van der Waals surface area contributed by atoms with Crippen LogP contribution in [0.3, 0.4) is 0 Å². The maximum atomic E-state index is 13.7. The van der Waals surface area contributed by atoms with Gasteiger partial charge in [-0.1, -0.05) is 18.2 Å². The summed E-state index contributed by atoms with van der Waals surface area (Å²) in [5.74, 6) is -0.213. The van der Waals surface area contributed by atoms with Crippen molar-refractivity contribution in [2.75, 3.05) is 6.54 Å². The first-order chi connectivity index (χ1) is 13.0. The van der Waals surface area contributed by atoms with Crippen molar-refractivity contribution in [3.63, 3.8) is 0 Å². The highest BCUT2D eigenvalue weighted by Gasteiger charge is 2.30. The van der Waals surface area contributed by atoms with Gasteiger partial charge in [-0.15, -0.1) is 16.4 Å². The Kier molecular flexibility index (Phi) is 4.70. The third-order valence-corrected chi connectivity index (χ3v) is 6.63. The quantitative estimate of drug-likeness (QED) is 0.650. The summed E-state index contributed by atoms with van der Waals surface area (Å²) in [5, 5.41) is 6.31.